The minimum atomic E-state index is -0.205. The Morgan fingerprint density at radius 3 is 2.64 bits per heavy atom. The summed E-state index contributed by atoms with van der Waals surface area (Å²) >= 11 is 0. The van der Waals surface area contributed by atoms with Crippen molar-refractivity contribution in [2.45, 2.75) is 37.5 Å². The Hall–Kier alpha value is -1.13. The van der Waals surface area contributed by atoms with Gasteiger partial charge in [0.25, 0.3) is 0 Å². The monoisotopic (exact) mass is 326 g/mol. The van der Waals surface area contributed by atoms with Crippen LogP contribution in [0.15, 0.2) is 24.3 Å². The minimum Gasteiger partial charge on any atom is -0.355 e. The number of hydrogen-bond donors (Lipinski definition) is 2. The van der Waals surface area contributed by atoms with Crippen molar-refractivity contribution < 1.29 is 9.18 Å². The molecule has 1 unspecified atom stereocenters. The van der Waals surface area contributed by atoms with E-state index in [4.69, 9.17) is 0 Å². The summed E-state index contributed by atoms with van der Waals surface area (Å²) in [5, 5.41) is 6.40. The molecule has 1 aromatic carbocycles. The van der Waals surface area contributed by atoms with Gasteiger partial charge in [0.15, 0.2) is 0 Å². The lowest BCUT2D eigenvalue weighted by Crippen LogP contribution is -2.32. The van der Waals surface area contributed by atoms with Crippen LogP contribution in [0.2, 0.25) is 0 Å². The molecule has 22 heavy (non-hydrogen) atoms. The second-order valence-corrected chi connectivity index (χ2v) is 6.46. The summed E-state index contributed by atoms with van der Waals surface area (Å²) in [6.07, 6.45) is 4.93. The highest BCUT2D eigenvalue weighted by atomic mass is 35.5. The molecule has 3 rings (SSSR count). The molecule has 1 amide bonds. The fourth-order valence-corrected chi connectivity index (χ4v) is 3.17. The molecule has 5 heteroatoms. The van der Waals surface area contributed by atoms with Gasteiger partial charge >= 0.3 is 0 Å². The zero-order chi connectivity index (χ0) is 14.7. The second kappa shape index (κ2) is 7.42. The number of benzene rings is 1. The van der Waals surface area contributed by atoms with Crippen molar-refractivity contribution >= 4 is 18.3 Å². The predicted octanol–water partition coefficient (Wildman–Crippen LogP) is 2.79. The van der Waals surface area contributed by atoms with Gasteiger partial charge in [-0.15, -0.1) is 12.4 Å². The fraction of sp³-hybridized carbons (Fsp3) is 0.588. The third-order valence-corrected chi connectivity index (χ3v) is 4.88. The van der Waals surface area contributed by atoms with Crippen molar-refractivity contribution in [1.82, 2.24) is 10.6 Å². The number of hydrogen-bond acceptors (Lipinski definition) is 2. The highest BCUT2D eigenvalue weighted by Crippen LogP contribution is 2.47. The van der Waals surface area contributed by atoms with Crippen LogP contribution in [0.3, 0.4) is 0 Å². The molecule has 2 aliphatic rings. The number of rotatable bonds is 6. The molecular weight excluding hydrogens is 303 g/mol. The number of carbonyl (C=O) groups is 1. The number of halogens is 2. The second-order valence-electron chi connectivity index (χ2n) is 6.46. The average molecular weight is 327 g/mol. The van der Waals surface area contributed by atoms with Gasteiger partial charge in [-0.05, 0) is 62.4 Å². The molecule has 1 heterocycles. The number of carbonyl (C=O) groups excluding carboxylic acids is 1. The molecule has 1 saturated carbocycles. The molecule has 0 bridgehead atoms. The van der Waals surface area contributed by atoms with Crippen molar-refractivity contribution in [1.29, 1.82) is 0 Å². The summed E-state index contributed by atoms with van der Waals surface area (Å²) in [6, 6.07) is 6.70. The van der Waals surface area contributed by atoms with Crippen molar-refractivity contribution in [2.24, 2.45) is 5.92 Å². The van der Waals surface area contributed by atoms with E-state index >= 15 is 0 Å². The maximum atomic E-state index is 13.0. The van der Waals surface area contributed by atoms with Gasteiger partial charge < -0.3 is 10.6 Å². The van der Waals surface area contributed by atoms with Crippen LogP contribution in [0.1, 0.15) is 37.7 Å². The molecule has 2 fully saturated rings. The van der Waals surface area contributed by atoms with Crippen LogP contribution in [0.5, 0.6) is 0 Å². The van der Waals surface area contributed by atoms with Crippen molar-refractivity contribution in [3.63, 3.8) is 0 Å². The van der Waals surface area contributed by atoms with Crippen molar-refractivity contribution in [3.05, 3.63) is 35.6 Å². The molecule has 1 atom stereocenters. The molecule has 1 aromatic rings. The molecule has 0 spiro atoms. The Balaban J connectivity index is 0.00000176. The van der Waals surface area contributed by atoms with Gasteiger partial charge in [-0.3, -0.25) is 4.79 Å². The van der Waals surface area contributed by atoms with E-state index < -0.39 is 0 Å². The smallest absolute Gasteiger partial charge is 0.220 e. The van der Waals surface area contributed by atoms with E-state index in [0.29, 0.717) is 18.9 Å². The average Bonchev–Trinajstić information content (AvgIpc) is 3.10. The standard InChI is InChI=1S/C17H23FN2O.ClH/c18-15-4-2-14(3-5-15)17(8-9-17)12-20-16(21)6-1-13-7-10-19-11-13;/h2-5,13,19H,1,6-12H2,(H,20,21);1H. The summed E-state index contributed by atoms with van der Waals surface area (Å²) in [5.41, 5.74) is 1.20. The molecule has 122 valence electrons. The first-order valence-corrected chi connectivity index (χ1v) is 7.91. The van der Waals surface area contributed by atoms with E-state index in [9.17, 15) is 9.18 Å². The van der Waals surface area contributed by atoms with E-state index in [1.807, 2.05) is 12.1 Å². The highest BCUT2D eigenvalue weighted by Gasteiger charge is 2.44. The van der Waals surface area contributed by atoms with E-state index in [1.165, 1.54) is 18.6 Å². The Morgan fingerprint density at radius 1 is 1.32 bits per heavy atom. The number of amides is 1. The SMILES string of the molecule is Cl.O=C(CCC1CCNC1)NCC1(c2ccc(F)cc2)CC1. The molecule has 1 aliphatic heterocycles. The van der Waals surface area contributed by atoms with E-state index in [-0.39, 0.29) is 29.5 Å². The van der Waals surface area contributed by atoms with Gasteiger partial charge in [0.2, 0.25) is 5.91 Å². The van der Waals surface area contributed by atoms with E-state index in [0.717, 1.165) is 37.9 Å². The van der Waals surface area contributed by atoms with Crippen molar-refractivity contribution in [2.75, 3.05) is 19.6 Å². The van der Waals surface area contributed by atoms with Gasteiger partial charge in [-0.25, -0.2) is 4.39 Å². The summed E-state index contributed by atoms with van der Waals surface area (Å²) in [6.45, 7) is 2.81. The Kier molecular flexibility index (Phi) is 5.81. The highest BCUT2D eigenvalue weighted by molar-refractivity contribution is 5.85. The third-order valence-electron chi connectivity index (χ3n) is 4.88. The first kappa shape index (κ1) is 17.2. The third kappa shape index (κ3) is 4.20. The molecule has 1 saturated heterocycles. The summed E-state index contributed by atoms with van der Waals surface area (Å²) in [5.74, 6) is 0.599. The maximum absolute atomic E-state index is 13.0. The van der Waals surface area contributed by atoms with Gasteiger partial charge in [0.1, 0.15) is 5.82 Å². The maximum Gasteiger partial charge on any atom is 0.220 e. The molecule has 2 N–H and O–H groups in total. The van der Waals surface area contributed by atoms with E-state index in [1.54, 1.807) is 0 Å². The topological polar surface area (TPSA) is 41.1 Å². The quantitative estimate of drug-likeness (QED) is 0.844. The lowest BCUT2D eigenvalue weighted by molar-refractivity contribution is -0.121. The normalized spacial score (nSPS) is 22.0. The lowest BCUT2D eigenvalue weighted by Gasteiger charge is -2.17. The molecule has 0 radical (unpaired) electrons. The van der Waals surface area contributed by atoms with Crippen LogP contribution >= 0.6 is 12.4 Å². The first-order valence-electron chi connectivity index (χ1n) is 7.91. The first-order chi connectivity index (χ1) is 10.2. The zero-order valence-electron chi connectivity index (χ0n) is 12.7. The molecule has 1 aliphatic carbocycles. The van der Waals surface area contributed by atoms with Crippen LogP contribution in [0, 0.1) is 11.7 Å². The van der Waals surface area contributed by atoms with Gasteiger partial charge in [0, 0.05) is 18.4 Å². The molecular formula is C17H24ClFN2O. The van der Waals surface area contributed by atoms with E-state index in [2.05, 4.69) is 10.6 Å². The van der Waals surface area contributed by atoms with Crippen LogP contribution in [0.4, 0.5) is 4.39 Å². The molecule has 3 nitrogen and oxygen atoms in total. The molecule has 0 aromatic heterocycles. The van der Waals surface area contributed by atoms with Crippen molar-refractivity contribution in [3.8, 4) is 0 Å². The Morgan fingerprint density at radius 2 is 2.05 bits per heavy atom. The Labute approximate surface area is 137 Å². The van der Waals surface area contributed by atoms with Gasteiger partial charge in [0.05, 0.1) is 0 Å². The zero-order valence-corrected chi connectivity index (χ0v) is 13.6. The number of nitrogens with one attached hydrogen (secondary N) is 2. The summed E-state index contributed by atoms with van der Waals surface area (Å²) in [7, 11) is 0. The van der Waals surface area contributed by atoms with Crippen LogP contribution in [-0.2, 0) is 10.2 Å². The van der Waals surface area contributed by atoms with Gasteiger partial charge in [-0.1, -0.05) is 12.1 Å². The largest absolute Gasteiger partial charge is 0.355 e. The predicted molar refractivity (Wildman–Crippen MR) is 87.8 cm³/mol. The van der Waals surface area contributed by atoms with Crippen LogP contribution < -0.4 is 10.6 Å². The fourth-order valence-electron chi connectivity index (χ4n) is 3.17. The van der Waals surface area contributed by atoms with Crippen LogP contribution in [-0.4, -0.2) is 25.5 Å². The summed E-state index contributed by atoms with van der Waals surface area (Å²) < 4.78 is 13.0. The lowest BCUT2D eigenvalue weighted by atomic mass is 9.95. The van der Waals surface area contributed by atoms with Crippen LogP contribution in [0.25, 0.3) is 0 Å². The van der Waals surface area contributed by atoms with Gasteiger partial charge in [-0.2, -0.15) is 0 Å². The Bertz CT molecular complexity index is 496. The minimum absolute atomic E-state index is 0. The summed E-state index contributed by atoms with van der Waals surface area (Å²) in [4.78, 5) is 12.0.